The van der Waals surface area contributed by atoms with Crippen molar-refractivity contribution in [3.05, 3.63) is 121 Å². The van der Waals surface area contributed by atoms with Gasteiger partial charge in [-0.3, -0.25) is 8.22 Å². The number of benzene rings is 4. The first kappa shape index (κ1) is 18.5. The lowest BCUT2D eigenvalue weighted by molar-refractivity contribution is 0.664. The van der Waals surface area contributed by atoms with Crippen molar-refractivity contribution in [1.29, 1.82) is 0 Å². The van der Waals surface area contributed by atoms with Gasteiger partial charge < -0.3 is 0 Å². The molecule has 28 heavy (non-hydrogen) atoms. The first-order valence-corrected chi connectivity index (χ1v) is 14.0. The van der Waals surface area contributed by atoms with Gasteiger partial charge in [0.2, 0.25) is 7.59 Å². The lowest BCUT2D eigenvalue weighted by Crippen LogP contribution is -2.83. The van der Waals surface area contributed by atoms with Gasteiger partial charge in [0.05, 0.1) is 0 Å². The van der Waals surface area contributed by atoms with Gasteiger partial charge >= 0.3 is 8.26 Å². The highest BCUT2D eigenvalue weighted by Gasteiger charge is 2.64. The molecule has 0 aliphatic rings. The van der Waals surface area contributed by atoms with E-state index in [1.54, 1.807) is 30.3 Å². The molecule has 0 unspecified atom stereocenters. The molecule has 0 aromatic heterocycles. The highest BCUT2D eigenvalue weighted by molar-refractivity contribution is 7.55. The molecule has 4 heteroatoms. The Morgan fingerprint density at radius 3 is 0.893 bits per heavy atom. The number of halogens is 2. The van der Waals surface area contributed by atoms with Crippen molar-refractivity contribution in [3.63, 3.8) is 0 Å². The van der Waals surface area contributed by atoms with Crippen LogP contribution in [0.5, 0.6) is 0 Å². The van der Waals surface area contributed by atoms with Gasteiger partial charge in [0.1, 0.15) is 0 Å². The topological polar surface area (TPSA) is 0 Å². The van der Waals surface area contributed by atoms with Crippen molar-refractivity contribution in [2.45, 2.75) is 0 Å². The minimum Gasteiger partial charge on any atom is -0.268 e. The third-order valence-corrected chi connectivity index (χ3v) is 17.1. The Hall–Kier alpha value is -2.83. The molecule has 4 aromatic carbocycles. The molecular weight excluding hydrogens is 382 g/mol. The van der Waals surface area contributed by atoms with Gasteiger partial charge in [-0.15, -0.1) is 0 Å². The second kappa shape index (κ2) is 7.66. The van der Waals surface area contributed by atoms with Gasteiger partial charge in [0.15, 0.2) is 0 Å². The van der Waals surface area contributed by atoms with E-state index in [-0.39, 0.29) is 5.19 Å². The van der Waals surface area contributed by atoms with E-state index >= 15 is 8.22 Å². The van der Waals surface area contributed by atoms with Crippen LogP contribution in [-0.2, 0) is 0 Å². The Labute approximate surface area is 166 Å². The highest BCUT2D eigenvalue weighted by Crippen LogP contribution is 2.23. The van der Waals surface area contributed by atoms with Gasteiger partial charge in [-0.1, -0.05) is 121 Å². The molecule has 0 saturated heterocycles. The van der Waals surface area contributed by atoms with Crippen LogP contribution in [0.2, 0.25) is 0 Å². The molecule has 0 spiro atoms. The summed E-state index contributed by atoms with van der Waals surface area (Å²) in [4.78, 5) is 0. The van der Waals surface area contributed by atoms with Crippen molar-refractivity contribution in [2.24, 2.45) is 0 Å². The Kier molecular flexibility index (Phi) is 5.07. The molecule has 0 radical (unpaired) electrons. The molecule has 0 aliphatic carbocycles. The summed E-state index contributed by atoms with van der Waals surface area (Å²) in [6.45, 7) is 0. The zero-order valence-electron chi connectivity index (χ0n) is 15.3. The quantitative estimate of drug-likeness (QED) is 0.272. The monoisotopic (exact) mass is 402 g/mol. The molecule has 0 saturated carbocycles. The van der Waals surface area contributed by atoms with E-state index in [1.807, 2.05) is 91.0 Å². The summed E-state index contributed by atoms with van der Waals surface area (Å²) in [6, 6.07) is 36.7. The summed E-state index contributed by atoms with van der Waals surface area (Å²) >= 11 is 0. The molecule has 0 fully saturated rings. The summed E-state index contributed by atoms with van der Waals surface area (Å²) in [5, 5.41) is 2.46. The average molecular weight is 403 g/mol. The fraction of sp³-hybridized carbons (Fsp3) is 0. The molecule has 4 rings (SSSR count). The summed E-state index contributed by atoms with van der Waals surface area (Å²) in [7, 11) is -8.53. The fourth-order valence-corrected chi connectivity index (χ4v) is 15.7. The minimum atomic E-state index is -4.94. The van der Waals surface area contributed by atoms with Crippen molar-refractivity contribution in [1.82, 2.24) is 0 Å². The van der Waals surface area contributed by atoms with E-state index < -0.39 is 15.9 Å². The second-order valence-corrected chi connectivity index (χ2v) is 15.9. The maximum absolute atomic E-state index is 16.7. The van der Waals surface area contributed by atoms with Gasteiger partial charge in [0.25, 0.3) is 0 Å². The van der Waals surface area contributed by atoms with Crippen LogP contribution in [0.3, 0.4) is 0 Å². The molecule has 0 nitrogen and oxygen atoms in total. The Balaban J connectivity index is 2.14. The lowest BCUT2D eigenvalue weighted by atomic mass is 10.3. The molecule has 0 amide bonds. The van der Waals surface area contributed by atoms with Crippen molar-refractivity contribution < 1.29 is 8.22 Å². The van der Waals surface area contributed by atoms with Crippen molar-refractivity contribution in [3.8, 4) is 0 Å². The average Bonchev–Trinajstić information content (AvgIpc) is 2.77. The number of hydrogen-bond donors (Lipinski definition) is 0. The predicted molar refractivity (Wildman–Crippen MR) is 118 cm³/mol. The Morgan fingerprint density at radius 1 is 0.357 bits per heavy atom. The normalized spacial score (nSPS) is 11.9. The highest BCUT2D eigenvalue weighted by atomic mass is 29.3. The summed E-state index contributed by atoms with van der Waals surface area (Å²) in [5.74, 6) is 0. The third kappa shape index (κ3) is 2.95. The maximum atomic E-state index is 16.7. The van der Waals surface area contributed by atoms with Crippen LogP contribution in [0.25, 0.3) is 0 Å². The largest absolute Gasteiger partial charge is 0.448 e. The maximum Gasteiger partial charge on any atom is 0.448 e. The molecule has 0 heterocycles. The van der Waals surface area contributed by atoms with E-state index in [2.05, 4.69) is 0 Å². The summed E-state index contributed by atoms with van der Waals surface area (Å²) < 4.78 is 33.5. The van der Waals surface area contributed by atoms with Gasteiger partial charge in [-0.05, 0) is 20.7 Å². The SMILES string of the molecule is F[Si](F)(c1ccccc1)[Si](c1ccccc1)(c1ccccc1)c1ccccc1. The zero-order chi connectivity index (χ0) is 19.5. The Bertz CT molecular complexity index is 925. The first-order valence-electron chi connectivity index (χ1n) is 9.27. The molecule has 4 aromatic rings. The number of hydrogen-bond acceptors (Lipinski definition) is 0. The summed E-state index contributed by atoms with van der Waals surface area (Å²) in [6.07, 6.45) is 0. The third-order valence-electron chi connectivity index (χ3n) is 5.23. The van der Waals surface area contributed by atoms with E-state index in [0.29, 0.717) is 0 Å². The van der Waals surface area contributed by atoms with Crippen LogP contribution in [0.15, 0.2) is 121 Å². The van der Waals surface area contributed by atoms with E-state index in [1.165, 1.54) is 0 Å². The lowest BCUT2D eigenvalue weighted by Gasteiger charge is -2.38. The molecule has 0 N–H and O–H groups in total. The standard InChI is InChI=1S/C24H20F2Si2/c25-28(26,24-19-11-4-12-20-24)27(21-13-5-1-6-14-21,22-15-7-2-8-16-22)23-17-9-3-10-18-23/h1-20H. The van der Waals surface area contributed by atoms with Crippen LogP contribution in [0.4, 0.5) is 8.22 Å². The smallest absolute Gasteiger partial charge is 0.268 e. The van der Waals surface area contributed by atoms with Crippen molar-refractivity contribution >= 4 is 36.6 Å². The first-order chi connectivity index (χ1) is 13.7. The van der Waals surface area contributed by atoms with E-state index in [4.69, 9.17) is 0 Å². The van der Waals surface area contributed by atoms with Crippen LogP contribution in [-0.4, -0.2) is 15.9 Å². The molecule has 138 valence electrons. The van der Waals surface area contributed by atoms with Gasteiger partial charge in [0, 0.05) is 0 Å². The zero-order valence-corrected chi connectivity index (χ0v) is 17.3. The fourth-order valence-electron chi connectivity index (χ4n) is 3.97. The van der Waals surface area contributed by atoms with Crippen molar-refractivity contribution in [2.75, 3.05) is 0 Å². The minimum absolute atomic E-state index is 0.193. The molecule has 0 bridgehead atoms. The molecule has 0 aliphatic heterocycles. The van der Waals surface area contributed by atoms with Gasteiger partial charge in [-0.2, -0.15) is 0 Å². The van der Waals surface area contributed by atoms with Crippen LogP contribution in [0, 0.1) is 0 Å². The number of rotatable bonds is 5. The van der Waals surface area contributed by atoms with Crippen LogP contribution < -0.4 is 20.7 Å². The summed E-state index contributed by atoms with van der Waals surface area (Å²) in [5.41, 5.74) is 0. The molecule has 0 atom stereocenters. The Morgan fingerprint density at radius 2 is 0.607 bits per heavy atom. The second-order valence-electron chi connectivity index (χ2n) is 6.79. The van der Waals surface area contributed by atoms with Crippen LogP contribution in [0.1, 0.15) is 0 Å². The predicted octanol–water partition coefficient (Wildman–Crippen LogP) is 3.52. The molecular formula is C24H20F2Si2. The van der Waals surface area contributed by atoms with Gasteiger partial charge in [-0.25, -0.2) is 0 Å². The van der Waals surface area contributed by atoms with E-state index in [9.17, 15) is 0 Å². The van der Waals surface area contributed by atoms with E-state index in [0.717, 1.165) is 15.6 Å². The van der Waals surface area contributed by atoms with Crippen LogP contribution >= 0.6 is 0 Å².